The molecule has 0 spiro atoms. The van der Waals surface area contributed by atoms with Crippen molar-refractivity contribution in [2.24, 2.45) is 0 Å². The molecule has 1 heterocycles. The fourth-order valence-corrected chi connectivity index (χ4v) is 2.42. The summed E-state index contributed by atoms with van der Waals surface area (Å²) in [5.41, 5.74) is 6.75. The zero-order chi connectivity index (χ0) is 16.9. The molecule has 0 unspecified atom stereocenters. The SMILES string of the molecule is CCC(=O)N1CCC(NNc2ccc(OC(F)(F)F)cc2)CC1. The Hall–Kier alpha value is -1.96. The highest BCUT2D eigenvalue weighted by Gasteiger charge is 2.31. The number of hydrazine groups is 1. The number of piperidine rings is 1. The lowest BCUT2D eigenvalue weighted by Gasteiger charge is -2.32. The zero-order valence-corrected chi connectivity index (χ0v) is 12.8. The Labute approximate surface area is 132 Å². The Kier molecular flexibility index (Phi) is 5.70. The van der Waals surface area contributed by atoms with Gasteiger partial charge in [-0.05, 0) is 37.1 Å². The number of hydrogen-bond donors (Lipinski definition) is 2. The van der Waals surface area contributed by atoms with Crippen molar-refractivity contribution in [2.45, 2.75) is 38.6 Å². The van der Waals surface area contributed by atoms with Crippen LogP contribution in [0.2, 0.25) is 0 Å². The van der Waals surface area contributed by atoms with Crippen molar-refractivity contribution in [3.63, 3.8) is 0 Å². The Morgan fingerprint density at radius 3 is 2.39 bits per heavy atom. The van der Waals surface area contributed by atoms with Gasteiger partial charge in [-0.1, -0.05) is 6.92 Å². The van der Waals surface area contributed by atoms with Crippen molar-refractivity contribution in [1.82, 2.24) is 10.3 Å². The minimum absolute atomic E-state index is 0.164. The first kappa shape index (κ1) is 17.4. The quantitative estimate of drug-likeness (QED) is 0.815. The van der Waals surface area contributed by atoms with Crippen molar-refractivity contribution in [2.75, 3.05) is 18.5 Å². The van der Waals surface area contributed by atoms with Crippen LogP contribution in [-0.2, 0) is 4.79 Å². The average molecular weight is 331 g/mol. The number of ether oxygens (including phenoxy) is 1. The van der Waals surface area contributed by atoms with Gasteiger partial charge in [-0.25, -0.2) is 5.43 Å². The molecule has 0 radical (unpaired) electrons. The first-order valence-electron chi connectivity index (χ1n) is 7.52. The number of nitrogens with one attached hydrogen (secondary N) is 2. The van der Waals surface area contributed by atoms with Gasteiger partial charge in [-0.15, -0.1) is 13.2 Å². The van der Waals surface area contributed by atoms with E-state index in [9.17, 15) is 18.0 Å². The number of alkyl halides is 3. The number of carbonyl (C=O) groups is 1. The summed E-state index contributed by atoms with van der Waals surface area (Å²) in [6, 6.07) is 5.72. The second-order valence-electron chi connectivity index (χ2n) is 5.35. The van der Waals surface area contributed by atoms with Crippen LogP contribution in [0.25, 0.3) is 0 Å². The number of hydrogen-bond acceptors (Lipinski definition) is 4. The molecule has 5 nitrogen and oxygen atoms in total. The predicted octanol–water partition coefficient (Wildman–Crippen LogP) is 2.90. The van der Waals surface area contributed by atoms with Gasteiger partial charge in [-0.2, -0.15) is 0 Å². The Balaban J connectivity index is 1.75. The molecule has 0 saturated carbocycles. The lowest BCUT2D eigenvalue weighted by molar-refractivity contribution is -0.274. The highest BCUT2D eigenvalue weighted by Crippen LogP contribution is 2.23. The molecule has 1 amide bonds. The molecule has 1 aromatic rings. The third kappa shape index (κ3) is 5.63. The van der Waals surface area contributed by atoms with E-state index in [1.54, 1.807) is 0 Å². The summed E-state index contributed by atoms with van der Waals surface area (Å²) in [4.78, 5) is 13.4. The van der Waals surface area contributed by atoms with Crippen molar-refractivity contribution >= 4 is 11.6 Å². The number of benzene rings is 1. The molecule has 23 heavy (non-hydrogen) atoms. The third-order valence-electron chi connectivity index (χ3n) is 3.66. The third-order valence-corrected chi connectivity index (χ3v) is 3.66. The number of amides is 1. The van der Waals surface area contributed by atoms with E-state index >= 15 is 0 Å². The number of halogens is 3. The van der Waals surface area contributed by atoms with Crippen LogP contribution in [0.15, 0.2) is 24.3 Å². The number of nitrogens with zero attached hydrogens (tertiary/aromatic N) is 1. The van der Waals surface area contributed by atoms with E-state index in [1.807, 2.05) is 11.8 Å². The highest BCUT2D eigenvalue weighted by molar-refractivity contribution is 5.75. The topological polar surface area (TPSA) is 53.6 Å². The Morgan fingerprint density at radius 2 is 1.87 bits per heavy atom. The molecule has 1 aliphatic heterocycles. The molecule has 0 aliphatic carbocycles. The van der Waals surface area contributed by atoms with Crippen LogP contribution in [0.3, 0.4) is 0 Å². The number of anilines is 1. The van der Waals surface area contributed by atoms with Gasteiger partial charge < -0.3 is 15.1 Å². The minimum atomic E-state index is -4.68. The van der Waals surface area contributed by atoms with Gasteiger partial charge in [0.1, 0.15) is 5.75 Å². The van der Waals surface area contributed by atoms with Crippen LogP contribution < -0.4 is 15.6 Å². The van der Waals surface area contributed by atoms with Crippen LogP contribution in [0.1, 0.15) is 26.2 Å². The molecule has 1 aromatic carbocycles. The van der Waals surface area contributed by atoms with E-state index in [4.69, 9.17) is 0 Å². The summed E-state index contributed by atoms with van der Waals surface area (Å²) in [5, 5.41) is 0. The van der Waals surface area contributed by atoms with E-state index in [1.165, 1.54) is 24.3 Å². The maximum Gasteiger partial charge on any atom is 0.573 e. The van der Waals surface area contributed by atoms with Crippen LogP contribution in [0.4, 0.5) is 18.9 Å². The van der Waals surface area contributed by atoms with Crippen molar-refractivity contribution < 1.29 is 22.7 Å². The maximum atomic E-state index is 12.1. The van der Waals surface area contributed by atoms with Crippen LogP contribution in [0, 0.1) is 0 Å². The largest absolute Gasteiger partial charge is 0.573 e. The minimum Gasteiger partial charge on any atom is -0.406 e. The summed E-state index contributed by atoms with van der Waals surface area (Å²) in [6.45, 7) is 3.27. The summed E-state index contributed by atoms with van der Waals surface area (Å²) < 4.78 is 40.0. The molecule has 1 aliphatic rings. The molecule has 0 atom stereocenters. The number of carbonyl (C=O) groups excluding carboxylic acids is 1. The summed E-state index contributed by atoms with van der Waals surface area (Å²) >= 11 is 0. The molecule has 0 bridgehead atoms. The smallest absolute Gasteiger partial charge is 0.406 e. The predicted molar refractivity (Wildman–Crippen MR) is 79.8 cm³/mol. The normalized spacial score (nSPS) is 16.3. The van der Waals surface area contributed by atoms with Crippen LogP contribution >= 0.6 is 0 Å². The molecule has 2 N–H and O–H groups in total. The molecule has 1 fully saturated rings. The molecule has 8 heteroatoms. The van der Waals surface area contributed by atoms with Crippen LogP contribution in [-0.4, -0.2) is 36.3 Å². The van der Waals surface area contributed by atoms with Gasteiger partial charge in [-0.3, -0.25) is 4.79 Å². The van der Waals surface area contributed by atoms with Gasteiger partial charge in [0.15, 0.2) is 0 Å². The maximum absolute atomic E-state index is 12.1. The fourth-order valence-electron chi connectivity index (χ4n) is 2.42. The van der Waals surface area contributed by atoms with E-state index in [0.29, 0.717) is 25.2 Å². The highest BCUT2D eigenvalue weighted by atomic mass is 19.4. The lowest BCUT2D eigenvalue weighted by Crippen LogP contribution is -2.46. The van der Waals surface area contributed by atoms with Gasteiger partial charge >= 0.3 is 6.36 Å². The summed E-state index contributed by atoms with van der Waals surface area (Å²) in [6.07, 6.45) is -2.51. The second kappa shape index (κ2) is 7.54. The molecule has 2 rings (SSSR count). The fraction of sp³-hybridized carbons (Fsp3) is 0.533. The standard InChI is InChI=1S/C15H20F3N3O2/c1-2-14(22)21-9-7-12(8-10-21)20-19-11-3-5-13(6-4-11)23-15(16,17)18/h3-6,12,19-20H,2,7-10H2,1H3. The number of rotatable bonds is 5. The monoisotopic (exact) mass is 331 g/mol. The van der Waals surface area contributed by atoms with Gasteiger partial charge in [0, 0.05) is 31.2 Å². The van der Waals surface area contributed by atoms with Crippen molar-refractivity contribution in [3.05, 3.63) is 24.3 Å². The van der Waals surface area contributed by atoms with E-state index in [2.05, 4.69) is 15.6 Å². The van der Waals surface area contributed by atoms with E-state index in [-0.39, 0.29) is 17.7 Å². The lowest BCUT2D eigenvalue weighted by atomic mass is 10.1. The summed E-state index contributed by atoms with van der Waals surface area (Å²) in [5.74, 6) is -0.0916. The zero-order valence-electron chi connectivity index (χ0n) is 12.8. The number of likely N-dealkylation sites (tertiary alicyclic amines) is 1. The second-order valence-corrected chi connectivity index (χ2v) is 5.35. The van der Waals surface area contributed by atoms with Gasteiger partial charge in [0.25, 0.3) is 0 Å². The average Bonchev–Trinajstić information content (AvgIpc) is 2.52. The van der Waals surface area contributed by atoms with Crippen molar-refractivity contribution in [1.29, 1.82) is 0 Å². The van der Waals surface area contributed by atoms with Gasteiger partial charge in [0.05, 0.1) is 0 Å². The molecular formula is C15H20F3N3O2. The molecular weight excluding hydrogens is 311 g/mol. The Bertz CT molecular complexity index is 512. The molecule has 1 saturated heterocycles. The molecule has 128 valence electrons. The van der Waals surface area contributed by atoms with Crippen molar-refractivity contribution in [3.8, 4) is 5.75 Å². The van der Waals surface area contributed by atoms with Gasteiger partial charge in [0.2, 0.25) is 5.91 Å². The van der Waals surface area contributed by atoms with E-state index in [0.717, 1.165) is 12.8 Å². The first-order chi connectivity index (χ1) is 10.9. The van der Waals surface area contributed by atoms with E-state index < -0.39 is 6.36 Å². The molecule has 0 aromatic heterocycles. The van der Waals surface area contributed by atoms with Crippen LogP contribution in [0.5, 0.6) is 5.75 Å². The first-order valence-corrected chi connectivity index (χ1v) is 7.52. The summed E-state index contributed by atoms with van der Waals surface area (Å²) in [7, 11) is 0. The Morgan fingerprint density at radius 1 is 1.26 bits per heavy atom.